The van der Waals surface area contributed by atoms with Crippen LogP contribution in [-0.4, -0.2) is 5.78 Å². The van der Waals surface area contributed by atoms with E-state index in [0.717, 1.165) is 11.1 Å². The van der Waals surface area contributed by atoms with Crippen molar-refractivity contribution in [3.8, 4) is 0 Å². The molecule has 1 aromatic heterocycles. The number of ketones is 1. The van der Waals surface area contributed by atoms with E-state index in [1.807, 2.05) is 36.1 Å². The second-order valence-electron chi connectivity index (χ2n) is 5.24. The number of pyridine rings is 1. The Labute approximate surface area is 114 Å². The van der Waals surface area contributed by atoms with Gasteiger partial charge in [-0.1, -0.05) is 17.7 Å². The number of Topliss-reactive ketones (excluding diaryl/α,β-unsaturated/α-hetero) is 1. The van der Waals surface area contributed by atoms with Gasteiger partial charge in [0.1, 0.15) is 7.05 Å². The quantitative estimate of drug-likeness (QED) is 0.609. The van der Waals surface area contributed by atoms with E-state index in [-0.39, 0.29) is 5.78 Å². The molecular weight excluding hydrogens is 234 g/mol. The van der Waals surface area contributed by atoms with Gasteiger partial charge in [0.15, 0.2) is 18.2 Å². The third-order valence-electron chi connectivity index (χ3n) is 3.44. The monoisotopic (exact) mass is 254 g/mol. The molecule has 0 unspecified atom stereocenters. The molecule has 0 spiro atoms. The second kappa shape index (κ2) is 5.35. The first-order valence-corrected chi connectivity index (χ1v) is 6.52. The lowest BCUT2D eigenvalue weighted by molar-refractivity contribution is -0.671. The summed E-state index contributed by atoms with van der Waals surface area (Å²) in [6, 6.07) is 8.06. The molecule has 1 heterocycles. The Morgan fingerprint density at radius 2 is 1.79 bits per heavy atom. The fraction of sp³-hybridized carbons (Fsp3) is 0.294. The van der Waals surface area contributed by atoms with E-state index in [4.69, 9.17) is 0 Å². The molecule has 0 saturated heterocycles. The number of hydrogen-bond acceptors (Lipinski definition) is 1. The van der Waals surface area contributed by atoms with Gasteiger partial charge in [-0.15, -0.1) is 0 Å². The molecule has 0 amide bonds. The van der Waals surface area contributed by atoms with Crippen molar-refractivity contribution < 1.29 is 9.36 Å². The lowest BCUT2D eigenvalue weighted by Gasteiger charge is -2.10. The number of carbonyl (C=O) groups excluding carboxylic acids is 1. The van der Waals surface area contributed by atoms with Crippen molar-refractivity contribution in [1.29, 1.82) is 0 Å². The number of rotatable bonds is 3. The van der Waals surface area contributed by atoms with Crippen LogP contribution in [0.3, 0.4) is 0 Å². The van der Waals surface area contributed by atoms with Gasteiger partial charge >= 0.3 is 0 Å². The predicted molar refractivity (Wildman–Crippen MR) is 76.3 cm³/mol. The highest BCUT2D eigenvalue weighted by Crippen LogP contribution is 2.18. The average molecular weight is 254 g/mol. The van der Waals surface area contributed by atoms with Gasteiger partial charge in [0.2, 0.25) is 0 Å². The van der Waals surface area contributed by atoms with Crippen molar-refractivity contribution in [1.82, 2.24) is 0 Å². The Morgan fingerprint density at radius 3 is 2.37 bits per heavy atom. The van der Waals surface area contributed by atoms with Crippen molar-refractivity contribution in [2.45, 2.75) is 27.2 Å². The SMILES string of the molecule is Cc1cc(C)c(CC(=O)c2ccc[n+](C)c2)c(C)c1. The summed E-state index contributed by atoms with van der Waals surface area (Å²) in [5.41, 5.74) is 5.57. The lowest BCUT2D eigenvalue weighted by atomic mass is 9.94. The fourth-order valence-corrected chi connectivity index (χ4v) is 2.50. The zero-order chi connectivity index (χ0) is 14.0. The number of benzene rings is 1. The molecule has 0 radical (unpaired) electrons. The Morgan fingerprint density at radius 1 is 1.16 bits per heavy atom. The third-order valence-corrected chi connectivity index (χ3v) is 3.44. The number of hydrogen-bond donors (Lipinski definition) is 0. The van der Waals surface area contributed by atoms with Crippen LogP contribution in [0.1, 0.15) is 32.6 Å². The molecule has 0 bridgehead atoms. The van der Waals surface area contributed by atoms with E-state index in [2.05, 4.69) is 32.9 Å². The van der Waals surface area contributed by atoms with E-state index in [9.17, 15) is 4.79 Å². The molecule has 19 heavy (non-hydrogen) atoms. The summed E-state index contributed by atoms with van der Waals surface area (Å²) in [6.45, 7) is 6.24. The maximum absolute atomic E-state index is 12.3. The van der Waals surface area contributed by atoms with E-state index in [0.29, 0.717) is 6.42 Å². The molecular formula is C17H20NO+. The Kier molecular flexibility index (Phi) is 3.79. The van der Waals surface area contributed by atoms with Crippen molar-refractivity contribution in [3.63, 3.8) is 0 Å². The number of aryl methyl sites for hydroxylation is 4. The van der Waals surface area contributed by atoms with Crippen molar-refractivity contribution in [2.24, 2.45) is 7.05 Å². The molecule has 98 valence electrons. The van der Waals surface area contributed by atoms with Crippen molar-refractivity contribution in [2.75, 3.05) is 0 Å². The van der Waals surface area contributed by atoms with E-state index < -0.39 is 0 Å². The molecule has 2 rings (SSSR count). The molecule has 2 nitrogen and oxygen atoms in total. The van der Waals surface area contributed by atoms with Gasteiger partial charge in [0, 0.05) is 12.5 Å². The maximum Gasteiger partial charge on any atom is 0.179 e. The molecule has 0 saturated carbocycles. The van der Waals surface area contributed by atoms with E-state index in [1.165, 1.54) is 16.7 Å². The Balaban J connectivity index is 2.29. The highest BCUT2D eigenvalue weighted by Gasteiger charge is 2.13. The predicted octanol–water partition coefficient (Wildman–Crippen LogP) is 2.86. The van der Waals surface area contributed by atoms with Crippen LogP contribution in [0, 0.1) is 20.8 Å². The first kappa shape index (κ1) is 13.5. The third kappa shape index (κ3) is 3.08. The average Bonchev–Trinajstić information content (AvgIpc) is 2.33. The summed E-state index contributed by atoms with van der Waals surface area (Å²) >= 11 is 0. The molecule has 0 aliphatic rings. The fourth-order valence-electron chi connectivity index (χ4n) is 2.50. The summed E-state index contributed by atoms with van der Waals surface area (Å²) in [4.78, 5) is 12.3. The summed E-state index contributed by atoms with van der Waals surface area (Å²) < 4.78 is 1.90. The normalized spacial score (nSPS) is 10.5. The van der Waals surface area contributed by atoms with Crippen LogP contribution in [0.4, 0.5) is 0 Å². The highest BCUT2D eigenvalue weighted by atomic mass is 16.1. The first-order chi connectivity index (χ1) is 8.97. The van der Waals surface area contributed by atoms with Gasteiger partial charge in [0.25, 0.3) is 0 Å². The van der Waals surface area contributed by atoms with Crippen LogP contribution in [0.2, 0.25) is 0 Å². The Bertz CT molecular complexity index is 606. The minimum absolute atomic E-state index is 0.172. The molecule has 0 aliphatic heterocycles. The Hall–Kier alpha value is -1.96. The van der Waals surface area contributed by atoms with Crippen molar-refractivity contribution >= 4 is 5.78 Å². The van der Waals surface area contributed by atoms with Gasteiger partial charge in [-0.05, 0) is 43.5 Å². The van der Waals surface area contributed by atoms with Crippen LogP contribution in [0.5, 0.6) is 0 Å². The van der Waals surface area contributed by atoms with E-state index >= 15 is 0 Å². The molecule has 1 aromatic carbocycles. The topological polar surface area (TPSA) is 20.9 Å². The zero-order valence-corrected chi connectivity index (χ0v) is 12.0. The number of nitrogens with zero attached hydrogens (tertiary/aromatic N) is 1. The van der Waals surface area contributed by atoms with Crippen LogP contribution in [0.25, 0.3) is 0 Å². The van der Waals surface area contributed by atoms with Gasteiger partial charge < -0.3 is 0 Å². The lowest BCUT2D eigenvalue weighted by Crippen LogP contribution is -2.28. The van der Waals surface area contributed by atoms with Crippen LogP contribution >= 0.6 is 0 Å². The molecule has 2 aromatic rings. The van der Waals surface area contributed by atoms with E-state index in [1.54, 1.807) is 0 Å². The van der Waals surface area contributed by atoms with Gasteiger partial charge in [-0.2, -0.15) is 0 Å². The minimum atomic E-state index is 0.172. The zero-order valence-electron chi connectivity index (χ0n) is 12.0. The second-order valence-corrected chi connectivity index (χ2v) is 5.24. The highest BCUT2D eigenvalue weighted by molar-refractivity contribution is 5.97. The molecule has 0 aliphatic carbocycles. The van der Waals surface area contributed by atoms with Gasteiger partial charge in [-0.3, -0.25) is 4.79 Å². The summed E-state index contributed by atoms with van der Waals surface area (Å²) in [5, 5.41) is 0. The summed E-state index contributed by atoms with van der Waals surface area (Å²) in [6.07, 6.45) is 4.28. The number of carbonyl (C=O) groups is 1. The largest absolute Gasteiger partial charge is 0.294 e. The van der Waals surface area contributed by atoms with Crippen LogP contribution in [-0.2, 0) is 13.5 Å². The molecule has 2 heteroatoms. The summed E-state index contributed by atoms with van der Waals surface area (Å²) in [5.74, 6) is 0.172. The van der Waals surface area contributed by atoms with Crippen molar-refractivity contribution in [3.05, 3.63) is 64.5 Å². The minimum Gasteiger partial charge on any atom is -0.294 e. The molecule has 0 N–H and O–H groups in total. The van der Waals surface area contributed by atoms with Gasteiger partial charge in [-0.25, -0.2) is 4.57 Å². The number of aromatic nitrogens is 1. The summed E-state index contributed by atoms with van der Waals surface area (Å²) in [7, 11) is 1.93. The standard InChI is InChI=1S/C17H20NO/c1-12-8-13(2)16(14(3)9-12)10-17(19)15-6-5-7-18(4)11-15/h5-9,11H,10H2,1-4H3/q+1. The van der Waals surface area contributed by atoms with Crippen LogP contribution in [0.15, 0.2) is 36.7 Å². The van der Waals surface area contributed by atoms with Gasteiger partial charge in [0.05, 0.1) is 5.56 Å². The molecule has 0 fully saturated rings. The van der Waals surface area contributed by atoms with Crippen LogP contribution < -0.4 is 4.57 Å². The first-order valence-electron chi connectivity index (χ1n) is 6.52. The smallest absolute Gasteiger partial charge is 0.179 e. The molecule has 0 atom stereocenters. The maximum atomic E-state index is 12.3.